The Balaban J connectivity index is 1.63. The van der Waals surface area contributed by atoms with Crippen molar-refractivity contribution in [1.29, 1.82) is 0 Å². The van der Waals surface area contributed by atoms with Crippen molar-refractivity contribution in [3.63, 3.8) is 0 Å². The zero-order chi connectivity index (χ0) is 22.5. The summed E-state index contributed by atoms with van der Waals surface area (Å²) in [6.45, 7) is 7.32. The molecular weight excluding hydrogens is 460 g/mol. The average Bonchev–Trinajstić information content (AvgIpc) is 3.21. The van der Waals surface area contributed by atoms with E-state index in [0.29, 0.717) is 12.1 Å². The number of rotatable bonds is 2. The fraction of sp³-hybridized carbons (Fsp3) is 0.214. The Bertz CT molecular complexity index is 1340. The Morgan fingerprint density at radius 2 is 1.72 bits per heavy atom. The molecule has 3 nitrogen and oxygen atoms in total. The summed E-state index contributed by atoms with van der Waals surface area (Å²) in [6, 6.07) is 24.6. The van der Waals surface area contributed by atoms with E-state index in [9.17, 15) is 4.79 Å². The van der Waals surface area contributed by atoms with Gasteiger partial charge in [-0.2, -0.15) is 0 Å². The van der Waals surface area contributed by atoms with Gasteiger partial charge in [-0.15, -0.1) is 0 Å². The molecule has 1 aromatic heterocycles. The van der Waals surface area contributed by atoms with Crippen molar-refractivity contribution in [2.45, 2.75) is 32.6 Å². The summed E-state index contributed by atoms with van der Waals surface area (Å²) >= 11 is 3.56. The molecule has 1 aliphatic rings. The predicted molar refractivity (Wildman–Crippen MR) is 135 cm³/mol. The van der Waals surface area contributed by atoms with Crippen LogP contribution in [0.5, 0.6) is 0 Å². The molecule has 0 unspecified atom stereocenters. The fourth-order valence-electron chi connectivity index (χ4n) is 4.36. The van der Waals surface area contributed by atoms with Gasteiger partial charge in [0.15, 0.2) is 0 Å². The number of nitrogens with zero attached hydrogens (tertiary/aromatic N) is 2. The molecule has 4 heteroatoms. The minimum Gasteiger partial charge on any atom is -0.308 e. The third kappa shape index (κ3) is 3.73. The quantitative estimate of drug-likeness (QED) is 0.302. The molecule has 0 spiro atoms. The summed E-state index contributed by atoms with van der Waals surface area (Å²) < 4.78 is 0.935. The van der Waals surface area contributed by atoms with Crippen LogP contribution in [0.3, 0.4) is 0 Å². The van der Waals surface area contributed by atoms with Crippen molar-refractivity contribution in [1.82, 2.24) is 4.98 Å². The molecular formula is C28H25BrN2O. The Morgan fingerprint density at radius 3 is 2.47 bits per heavy atom. The molecule has 0 saturated heterocycles. The normalized spacial score (nSPS) is 13.4. The van der Waals surface area contributed by atoms with Gasteiger partial charge in [-0.05, 0) is 53.3 Å². The molecule has 2 heterocycles. The van der Waals surface area contributed by atoms with Gasteiger partial charge in [-0.1, -0.05) is 79.2 Å². The van der Waals surface area contributed by atoms with Crippen molar-refractivity contribution in [2.24, 2.45) is 0 Å². The van der Waals surface area contributed by atoms with Gasteiger partial charge >= 0.3 is 0 Å². The van der Waals surface area contributed by atoms with Gasteiger partial charge in [0.05, 0.1) is 16.8 Å². The Labute approximate surface area is 197 Å². The molecule has 5 rings (SSSR count). The van der Waals surface area contributed by atoms with Crippen molar-refractivity contribution in [3.05, 3.63) is 94.0 Å². The smallest absolute Gasteiger partial charge is 0.259 e. The topological polar surface area (TPSA) is 33.2 Å². The molecule has 1 aliphatic heterocycles. The number of carbonyl (C=O) groups excluding carboxylic acids is 1. The summed E-state index contributed by atoms with van der Waals surface area (Å²) in [5.41, 5.74) is 6.92. The van der Waals surface area contributed by atoms with E-state index < -0.39 is 0 Å². The lowest BCUT2D eigenvalue weighted by Gasteiger charge is -2.20. The molecule has 32 heavy (non-hydrogen) atoms. The Morgan fingerprint density at radius 1 is 0.969 bits per heavy atom. The molecule has 3 aromatic carbocycles. The minimum atomic E-state index is 0.0213. The van der Waals surface area contributed by atoms with Gasteiger partial charge in [0.25, 0.3) is 5.91 Å². The number of hydrogen-bond donors (Lipinski definition) is 0. The van der Waals surface area contributed by atoms with Crippen molar-refractivity contribution in [3.8, 4) is 11.3 Å². The minimum absolute atomic E-state index is 0.0213. The molecule has 1 amide bonds. The first kappa shape index (κ1) is 20.9. The van der Waals surface area contributed by atoms with Crippen LogP contribution in [0, 0.1) is 0 Å². The number of pyridine rings is 1. The van der Waals surface area contributed by atoms with Gasteiger partial charge in [-0.3, -0.25) is 4.79 Å². The van der Waals surface area contributed by atoms with Crippen LogP contribution in [0.25, 0.3) is 22.2 Å². The van der Waals surface area contributed by atoms with Crippen molar-refractivity contribution < 1.29 is 4.79 Å². The first-order chi connectivity index (χ1) is 15.3. The van der Waals surface area contributed by atoms with E-state index in [0.717, 1.165) is 38.7 Å². The van der Waals surface area contributed by atoms with E-state index in [4.69, 9.17) is 4.98 Å². The zero-order valence-electron chi connectivity index (χ0n) is 18.5. The molecule has 0 N–H and O–H groups in total. The zero-order valence-corrected chi connectivity index (χ0v) is 20.1. The van der Waals surface area contributed by atoms with Crippen LogP contribution < -0.4 is 4.90 Å². The third-order valence-electron chi connectivity index (χ3n) is 6.18. The highest BCUT2D eigenvalue weighted by molar-refractivity contribution is 9.10. The summed E-state index contributed by atoms with van der Waals surface area (Å²) in [5, 5.41) is 0.865. The number of benzene rings is 3. The van der Waals surface area contributed by atoms with Gasteiger partial charge in [0.1, 0.15) is 0 Å². The molecule has 0 saturated carbocycles. The fourth-order valence-corrected chi connectivity index (χ4v) is 4.72. The number of para-hydroxylation sites is 1. The van der Waals surface area contributed by atoms with E-state index in [1.165, 1.54) is 11.1 Å². The van der Waals surface area contributed by atoms with Gasteiger partial charge < -0.3 is 4.90 Å². The number of hydrogen-bond acceptors (Lipinski definition) is 2. The molecule has 160 valence electrons. The lowest BCUT2D eigenvalue weighted by Crippen LogP contribution is -2.29. The largest absolute Gasteiger partial charge is 0.308 e. The van der Waals surface area contributed by atoms with E-state index in [-0.39, 0.29) is 11.3 Å². The SMILES string of the molecule is CC(C)(C)c1ccc(-c2cc(C(=O)N3CCc4ccccc43)c3cc(Br)ccc3n2)cc1. The van der Waals surface area contributed by atoms with E-state index >= 15 is 0 Å². The summed E-state index contributed by atoms with van der Waals surface area (Å²) in [4.78, 5) is 20.6. The van der Waals surface area contributed by atoms with Gasteiger partial charge in [-0.25, -0.2) is 4.98 Å². The van der Waals surface area contributed by atoms with Crippen LogP contribution in [-0.2, 0) is 11.8 Å². The Hall–Kier alpha value is -2.98. The standard InChI is InChI=1S/C28H25BrN2O/c1-28(2,3)20-10-8-18(9-11-20)25-17-23(22-16-21(29)12-13-24(22)30-25)27(32)31-15-14-19-6-4-5-7-26(19)31/h4-13,16-17H,14-15H2,1-3H3. The highest BCUT2D eigenvalue weighted by Crippen LogP contribution is 2.33. The van der Waals surface area contributed by atoms with Gasteiger partial charge in [0.2, 0.25) is 0 Å². The van der Waals surface area contributed by atoms with E-state index in [1.807, 2.05) is 47.4 Å². The second kappa shape index (κ2) is 7.86. The van der Waals surface area contributed by atoms with Crippen LogP contribution in [0.15, 0.2) is 77.3 Å². The summed E-state index contributed by atoms with van der Waals surface area (Å²) in [5.74, 6) is 0.0213. The molecule has 0 atom stereocenters. The molecule has 0 bridgehead atoms. The number of anilines is 1. The monoisotopic (exact) mass is 484 g/mol. The maximum absolute atomic E-state index is 13.8. The first-order valence-electron chi connectivity index (χ1n) is 10.9. The average molecular weight is 485 g/mol. The van der Waals surface area contributed by atoms with E-state index in [1.54, 1.807) is 0 Å². The molecule has 0 radical (unpaired) electrons. The predicted octanol–water partition coefficient (Wildman–Crippen LogP) is 7.16. The molecule has 4 aromatic rings. The first-order valence-corrected chi connectivity index (χ1v) is 11.7. The highest BCUT2D eigenvalue weighted by Gasteiger charge is 2.27. The number of carbonyl (C=O) groups is 1. The second-order valence-corrected chi connectivity index (χ2v) is 10.3. The van der Waals surface area contributed by atoms with Crippen molar-refractivity contribution in [2.75, 3.05) is 11.4 Å². The third-order valence-corrected chi connectivity index (χ3v) is 6.67. The maximum Gasteiger partial charge on any atom is 0.259 e. The number of aromatic nitrogens is 1. The Kier molecular flexibility index (Phi) is 5.13. The maximum atomic E-state index is 13.8. The lowest BCUT2D eigenvalue weighted by atomic mass is 9.86. The van der Waals surface area contributed by atoms with Crippen LogP contribution in [0.1, 0.15) is 42.3 Å². The van der Waals surface area contributed by atoms with Gasteiger partial charge in [0, 0.05) is 27.7 Å². The second-order valence-electron chi connectivity index (χ2n) is 9.38. The van der Waals surface area contributed by atoms with Crippen LogP contribution in [-0.4, -0.2) is 17.4 Å². The summed E-state index contributed by atoms with van der Waals surface area (Å²) in [6.07, 6.45) is 0.885. The van der Waals surface area contributed by atoms with E-state index in [2.05, 4.69) is 67.0 Å². The lowest BCUT2D eigenvalue weighted by molar-refractivity contribution is 0.0991. The van der Waals surface area contributed by atoms with Crippen LogP contribution >= 0.6 is 15.9 Å². The summed E-state index contributed by atoms with van der Waals surface area (Å²) in [7, 11) is 0. The number of fused-ring (bicyclic) bond motifs is 2. The van der Waals surface area contributed by atoms with Crippen molar-refractivity contribution >= 4 is 38.4 Å². The number of amides is 1. The molecule has 0 aliphatic carbocycles. The molecule has 0 fully saturated rings. The van der Waals surface area contributed by atoms with Crippen LogP contribution in [0.4, 0.5) is 5.69 Å². The van der Waals surface area contributed by atoms with Crippen LogP contribution in [0.2, 0.25) is 0 Å². The highest BCUT2D eigenvalue weighted by atomic mass is 79.9. The number of halogens is 1.